The molecule has 0 saturated carbocycles. The fourth-order valence-corrected chi connectivity index (χ4v) is 2.04. The lowest BCUT2D eigenvalue weighted by atomic mass is 10.1. The first kappa shape index (κ1) is 12.3. The minimum Gasteiger partial charge on any atom is -0.382 e. The zero-order chi connectivity index (χ0) is 14.1. The molecule has 0 bridgehead atoms. The van der Waals surface area contributed by atoms with Crippen molar-refractivity contribution in [2.75, 3.05) is 0 Å². The molecule has 0 atom stereocenters. The molecule has 0 fully saturated rings. The quantitative estimate of drug-likeness (QED) is 0.561. The number of aromatic nitrogens is 3. The summed E-state index contributed by atoms with van der Waals surface area (Å²) in [6.07, 6.45) is 5.60. The second-order valence-electron chi connectivity index (χ2n) is 4.45. The lowest BCUT2D eigenvalue weighted by Crippen LogP contribution is -2.15. The van der Waals surface area contributed by atoms with Crippen molar-refractivity contribution in [3.63, 3.8) is 0 Å². The van der Waals surface area contributed by atoms with Crippen LogP contribution in [0.15, 0.2) is 42.9 Å². The van der Waals surface area contributed by atoms with E-state index in [-0.39, 0.29) is 11.7 Å². The molecule has 0 spiro atoms. The number of hydrogen-bond donors (Lipinski definition) is 2. The number of benzene rings is 1. The number of nitrogens with one attached hydrogen (secondary N) is 1. The molecular weight excluding hydrogens is 257 g/mol. The Kier molecular flexibility index (Phi) is 2.90. The molecule has 6 heteroatoms. The van der Waals surface area contributed by atoms with Gasteiger partial charge < -0.3 is 10.1 Å². The van der Waals surface area contributed by atoms with Crippen LogP contribution in [0, 0.1) is 11.2 Å². The number of nitrogen functional groups attached to an aromatic ring is 1. The number of fused-ring (bicyclic) bond motifs is 1. The van der Waals surface area contributed by atoms with Gasteiger partial charge in [-0.2, -0.15) is 0 Å². The number of amidine groups is 1. The number of rotatable bonds is 3. The largest absolute Gasteiger partial charge is 0.382 e. The van der Waals surface area contributed by atoms with Gasteiger partial charge in [0, 0.05) is 25.0 Å². The van der Waals surface area contributed by atoms with Gasteiger partial charge >= 0.3 is 0 Å². The van der Waals surface area contributed by atoms with Crippen LogP contribution in [0.5, 0.6) is 0 Å². The second-order valence-corrected chi connectivity index (χ2v) is 4.45. The first-order valence-electron chi connectivity index (χ1n) is 6.05. The number of imidazole rings is 1. The fourth-order valence-electron chi connectivity index (χ4n) is 2.04. The van der Waals surface area contributed by atoms with Gasteiger partial charge in [-0.05, 0) is 17.7 Å². The molecule has 0 aliphatic rings. The zero-order valence-electron chi connectivity index (χ0n) is 10.5. The third-order valence-corrected chi connectivity index (χ3v) is 3.00. The van der Waals surface area contributed by atoms with E-state index < -0.39 is 0 Å². The van der Waals surface area contributed by atoms with E-state index in [0.717, 1.165) is 5.56 Å². The van der Waals surface area contributed by atoms with E-state index in [2.05, 4.69) is 9.97 Å². The van der Waals surface area contributed by atoms with Crippen LogP contribution in [0.25, 0.3) is 5.65 Å². The van der Waals surface area contributed by atoms with Crippen LogP contribution in [0.2, 0.25) is 0 Å². The molecule has 0 saturated heterocycles. The molecule has 0 aliphatic carbocycles. The molecule has 1 aromatic carbocycles. The van der Waals surface area contributed by atoms with Crippen LogP contribution >= 0.6 is 0 Å². The maximum Gasteiger partial charge on any atom is 0.158 e. The van der Waals surface area contributed by atoms with Gasteiger partial charge in [0.05, 0.1) is 5.69 Å². The predicted octanol–water partition coefficient (Wildman–Crippen LogP) is 1.74. The Bertz CT molecular complexity index is 776. The van der Waals surface area contributed by atoms with E-state index in [9.17, 15) is 4.39 Å². The van der Waals surface area contributed by atoms with Crippen LogP contribution in [0.4, 0.5) is 4.39 Å². The molecule has 0 amide bonds. The maximum absolute atomic E-state index is 12.9. The molecule has 3 aromatic rings. The third kappa shape index (κ3) is 2.23. The number of nitrogens with two attached hydrogens (primary N) is 1. The average molecular weight is 269 g/mol. The summed E-state index contributed by atoms with van der Waals surface area (Å²) in [5.41, 5.74) is 8.22. The van der Waals surface area contributed by atoms with Crippen molar-refractivity contribution in [2.45, 2.75) is 6.42 Å². The highest BCUT2D eigenvalue weighted by Crippen LogP contribution is 2.14. The van der Waals surface area contributed by atoms with Crippen LogP contribution in [-0.4, -0.2) is 20.2 Å². The van der Waals surface area contributed by atoms with Crippen molar-refractivity contribution < 1.29 is 4.39 Å². The summed E-state index contributed by atoms with van der Waals surface area (Å²) in [7, 11) is 0. The molecule has 0 aliphatic heterocycles. The van der Waals surface area contributed by atoms with Gasteiger partial charge in [0.2, 0.25) is 0 Å². The van der Waals surface area contributed by atoms with Crippen molar-refractivity contribution in [1.82, 2.24) is 14.4 Å². The highest BCUT2D eigenvalue weighted by Gasteiger charge is 2.10. The molecule has 3 N–H and O–H groups in total. The van der Waals surface area contributed by atoms with E-state index in [1.165, 1.54) is 12.1 Å². The standard InChI is InChI=1S/C14H12FN5/c15-10-3-1-9(2-4-10)7-11-14-18-5-6-20(14)8-12(19-11)13(16)17/h1-6,8H,7H2,(H3,16,17). The van der Waals surface area contributed by atoms with Crippen molar-refractivity contribution in [1.29, 1.82) is 5.41 Å². The van der Waals surface area contributed by atoms with Crippen molar-refractivity contribution in [2.24, 2.45) is 5.73 Å². The molecule has 5 nitrogen and oxygen atoms in total. The highest BCUT2D eigenvalue weighted by atomic mass is 19.1. The topological polar surface area (TPSA) is 80.1 Å². The first-order valence-corrected chi connectivity index (χ1v) is 6.05. The normalized spacial score (nSPS) is 10.8. The SMILES string of the molecule is N=C(N)c1cn2ccnc2c(Cc2ccc(F)cc2)n1. The smallest absolute Gasteiger partial charge is 0.158 e. The minimum absolute atomic E-state index is 0.0963. The Morgan fingerprint density at radius 2 is 2.05 bits per heavy atom. The van der Waals surface area contributed by atoms with E-state index in [0.29, 0.717) is 23.5 Å². The summed E-state index contributed by atoms with van der Waals surface area (Å²) in [4.78, 5) is 8.61. The summed E-state index contributed by atoms with van der Waals surface area (Å²) in [5, 5.41) is 7.50. The van der Waals surface area contributed by atoms with E-state index in [1.54, 1.807) is 35.1 Å². The minimum atomic E-state index is -0.273. The lowest BCUT2D eigenvalue weighted by Gasteiger charge is -2.06. The summed E-state index contributed by atoms with van der Waals surface area (Å²) < 4.78 is 14.7. The van der Waals surface area contributed by atoms with Crippen LogP contribution < -0.4 is 5.73 Å². The van der Waals surface area contributed by atoms with Crippen molar-refractivity contribution >= 4 is 11.5 Å². The van der Waals surface area contributed by atoms with Gasteiger partial charge in [0.15, 0.2) is 5.65 Å². The van der Waals surface area contributed by atoms with E-state index in [4.69, 9.17) is 11.1 Å². The third-order valence-electron chi connectivity index (χ3n) is 3.00. The maximum atomic E-state index is 12.9. The Morgan fingerprint density at radius 3 is 2.75 bits per heavy atom. The fraction of sp³-hybridized carbons (Fsp3) is 0.0714. The Hall–Kier alpha value is -2.76. The summed E-state index contributed by atoms with van der Waals surface area (Å²) in [5.74, 6) is -0.369. The predicted molar refractivity (Wildman–Crippen MR) is 73.2 cm³/mol. The molecule has 2 heterocycles. The lowest BCUT2D eigenvalue weighted by molar-refractivity contribution is 0.627. The number of hydrogen-bond acceptors (Lipinski definition) is 3. The Morgan fingerprint density at radius 1 is 1.30 bits per heavy atom. The molecular formula is C14H12FN5. The highest BCUT2D eigenvalue weighted by molar-refractivity contribution is 5.93. The van der Waals surface area contributed by atoms with Crippen molar-refractivity contribution in [3.05, 3.63) is 65.6 Å². The molecule has 20 heavy (non-hydrogen) atoms. The molecule has 3 rings (SSSR count). The van der Waals surface area contributed by atoms with Gasteiger partial charge in [-0.15, -0.1) is 0 Å². The van der Waals surface area contributed by atoms with Crippen molar-refractivity contribution in [3.8, 4) is 0 Å². The van der Waals surface area contributed by atoms with Crippen LogP contribution in [0.3, 0.4) is 0 Å². The van der Waals surface area contributed by atoms with Gasteiger partial charge in [-0.25, -0.2) is 14.4 Å². The van der Waals surface area contributed by atoms with E-state index in [1.807, 2.05) is 0 Å². The summed E-state index contributed by atoms with van der Waals surface area (Å²) >= 11 is 0. The number of halogens is 1. The summed E-state index contributed by atoms with van der Waals surface area (Å²) in [6.45, 7) is 0. The molecule has 2 aromatic heterocycles. The van der Waals surface area contributed by atoms with Gasteiger partial charge in [-0.3, -0.25) is 5.41 Å². The summed E-state index contributed by atoms with van der Waals surface area (Å²) in [6, 6.07) is 6.23. The first-order chi connectivity index (χ1) is 9.63. The molecule has 100 valence electrons. The monoisotopic (exact) mass is 269 g/mol. The van der Waals surface area contributed by atoms with Crippen LogP contribution in [-0.2, 0) is 6.42 Å². The molecule has 0 unspecified atom stereocenters. The van der Waals surface area contributed by atoms with Gasteiger partial charge in [0.25, 0.3) is 0 Å². The Labute approximate surface area is 114 Å². The van der Waals surface area contributed by atoms with Gasteiger partial charge in [-0.1, -0.05) is 12.1 Å². The van der Waals surface area contributed by atoms with Gasteiger partial charge in [0.1, 0.15) is 17.3 Å². The number of nitrogens with zero attached hydrogens (tertiary/aromatic N) is 3. The zero-order valence-corrected chi connectivity index (χ0v) is 10.5. The second kappa shape index (κ2) is 4.73. The van der Waals surface area contributed by atoms with E-state index >= 15 is 0 Å². The molecule has 0 radical (unpaired) electrons. The van der Waals surface area contributed by atoms with Crippen LogP contribution in [0.1, 0.15) is 17.0 Å². The Balaban J connectivity index is 2.07. The average Bonchev–Trinajstić information content (AvgIpc) is 2.89.